The number of aliphatic hydroxyl groups is 8. The fourth-order valence-electron chi connectivity index (χ4n) is 9.90. The van der Waals surface area contributed by atoms with Crippen LogP contribution in [0.2, 0.25) is 0 Å². The van der Waals surface area contributed by atoms with E-state index in [9.17, 15) is 45.6 Å². The molecule has 0 amide bonds. The van der Waals surface area contributed by atoms with Gasteiger partial charge in [-0.3, -0.25) is 4.79 Å². The molecule has 0 bridgehead atoms. The van der Waals surface area contributed by atoms with Gasteiger partial charge in [0.25, 0.3) is 0 Å². The van der Waals surface area contributed by atoms with Crippen molar-refractivity contribution in [3.05, 3.63) is 11.6 Å². The zero-order valence-electron chi connectivity index (χ0n) is 26.9. The first-order chi connectivity index (χ1) is 21.1. The first-order valence-corrected chi connectivity index (χ1v) is 16.5. The summed E-state index contributed by atoms with van der Waals surface area (Å²) in [6.07, 6.45) is -4.90. The van der Waals surface area contributed by atoms with Crippen molar-refractivity contribution in [1.82, 2.24) is 0 Å². The molecule has 12 nitrogen and oxygen atoms in total. The molecule has 4 fully saturated rings. The van der Waals surface area contributed by atoms with Crippen LogP contribution >= 0.6 is 0 Å². The summed E-state index contributed by atoms with van der Waals surface area (Å²) in [7, 11) is 0. The maximum absolute atomic E-state index is 13.1. The summed E-state index contributed by atoms with van der Waals surface area (Å²) in [6, 6.07) is 0. The number of Topliss-reactive ketones (excluding diaryl/α,β-unsaturated/α-hetero) is 1. The van der Waals surface area contributed by atoms with Gasteiger partial charge in [0.1, 0.15) is 55.4 Å². The first-order valence-electron chi connectivity index (χ1n) is 16.5. The molecule has 2 saturated carbocycles. The van der Waals surface area contributed by atoms with Crippen molar-refractivity contribution in [2.75, 3.05) is 19.8 Å². The SMILES string of the molecule is CC1(C)[C@H]2CCC3=C[C@@](C)(CC(=O)CO[C@@H]4O[C@H](CO)[C@@H](O)[C@H](O)[C@H]4O)CC[C@H]3[C@]2(C)CC[C@H]1[C@@H]1O[C@H](CO)[C@@H](O)[C@H](O)[C@H]1O. The standard InChI is InChI=1S/C33H54O12/c1-31(2)19(29-27(41)25(39)23(37)20(13-34)44-29)8-10-33(4)18-7-9-32(3,11-16(18)5-6-22(31)33)12-17(36)15-43-30-28(42)26(40)24(38)21(14-35)45-30/h11,18-30,34-35,37-42H,5-10,12-15H2,1-4H3/t18-,19+,20-,21-,22-,23-,24-,25+,26+,27-,28-,29+,30-,32+,33+/m1/s1. The molecule has 3 aliphatic carbocycles. The van der Waals surface area contributed by atoms with Gasteiger partial charge in [-0.2, -0.15) is 0 Å². The normalized spacial score (nSPS) is 49.9. The highest BCUT2D eigenvalue weighted by molar-refractivity contribution is 5.80. The van der Waals surface area contributed by atoms with Gasteiger partial charge < -0.3 is 55.1 Å². The number of rotatable bonds is 8. The molecular formula is C33H54O12. The van der Waals surface area contributed by atoms with Crippen LogP contribution in [0.5, 0.6) is 0 Å². The second-order valence-corrected chi connectivity index (χ2v) is 15.5. The minimum atomic E-state index is -1.57. The van der Waals surface area contributed by atoms with Crippen LogP contribution in [0, 0.1) is 34.0 Å². The Morgan fingerprint density at radius 3 is 2.09 bits per heavy atom. The van der Waals surface area contributed by atoms with E-state index in [1.54, 1.807) is 0 Å². The number of aliphatic hydroxyl groups excluding tert-OH is 8. The molecule has 0 unspecified atom stereocenters. The fourth-order valence-corrected chi connectivity index (χ4v) is 9.90. The Labute approximate surface area is 265 Å². The van der Waals surface area contributed by atoms with Crippen LogP contribution in [0.1, 0.15) is 72.6 Å². The molecule has 5 aliphatic rings. The molecule has 2 heterocycles. The van der Waals surface area contributed by atoms with Crippen LogP contribution in [0.25, 0.3) is 0 Å². The monoisotopic (exact) mass is 642 g/mol. The summed E-state index contributed by atoms with van der Waals surface area (Å²) in [4.78, 5) is 13.1. The van der Waals surface area contributed by atoms with E-state index in [1.807, 2.05) is 0 Å². The third-order valence-electron chi connectivity index (χ3n) is 12.3. The van der Waals surface area contributed by atoms with Gasteiger partial charge in [0.05, 0.1) is 19.3 Å². The zero-order chi connectivity index (χ0) is 33.1. The van der Waals surface area contributed by atoms with Crippen LogP contribution < -0.4 is 0 Å². The first kappa shape index (κ1) is 35.3. The van der Waals surface area contributed by atoms with E-state index in [2.05, 4.69) is 33.8 Å². The van der Waals surface area contributed by atoms with Crippen molar-refractivity contribution in [2.24, 2.45) is 34.0 Å². The minimum Gasteiger partial charge on any atom is -0.394 e. The maximum atomic E-state index is 13.1. The molecule has 15 atom stereocenters. The number of ketones is 1. The summed E-state index contributed by atoms with van der Waals surface area (Å²) in [5, 5.41) is 81.1. The van der Waals surface area contributed by atoms with Gasteiger partial charge in [0.15, 0.2) is 12.1 Å². The Kier molecular flexibility index (Phi) is 10.3. The number of ether oxygens (including phenoxy) is 3. The Bertz CT molecular complexity index is 1090. The van der Waals surface area contributed by atoms with E-state index in [0.717, 1.165) is 38.5 Å². The number of carbonyl (C=O) groups is 1. The number of carbonyl (C=O) groups excluding carboxylic acids is 1. The van der Waals surface area contributed by atoms with E-state index in [0.29, 0.717) is 11.8 Å². The lowest BCUT2D eigenvalue weighted by atomic mass is 9.42. The molecule has 0 aromatic heterocycles. The molecule has 45 heavy (non-hydrogen) atoms. The number of hydrogen-bond acceptors (Lipinski definition) is 12. The van der Waals surface area contributed by atoms with Crippen molar-refractivity contribution in [2.45, 2.75) is 134 Å². The zero-order valence-corrected chi connectivity index (χ0v) is 26.9. The van der Waals surface area contributed by atoms with Gasteiger partial charge in [-0.1, -0.05) is 39.3 Å². The largest absolute Gasteiger partial charge is 0.394 e. The lowest BCUT2D eigenvalue weighted by Crippen LogP contribution is -2.64. The molecule has 8 N–H and O–H groups in total. The highest BCUT2D eigenvalue weighted by atomic mass is 16.7. The second-order valence-electron chi connectivity index (χ2n) is 15.5. The minimum absolute atomic E-state index is 0.00420. The summed E-state index contributed by atoms with van der Waals surface area (Å²) >= 11 is 0. The van der Waals surface area contributed by atoms with Crippen LogP contribution in [0.3, 0.4) is 0 Å². The molecule has 2 aliphatic heterocycles. The number of hydrogen-bond donors (Lipinski definition) is 8. The molecule has 258 valence electrons. The molecule has 2 saturated heterocycles. The second kappa shape index (κ2) is 13.1. The van der Waals surface area contributed by atoms with Gasteiger partial charge in [-0.05, 0) is 72.5 Å². The van der Waals surface area contributed by atoms with Gasteiger partial charge in [-0.25, -0.2) is 0 Å². The highest BCUT2D eigenvalue weighted by Gasteiger charge is 2.60. The van der Waals surface area contributed by atoms with Crippen molar-refractivity contribution in [1.29, 1.82) is 0 Å². The van der Waals surface area contributed by atoms with Crippen molar-refractivity contribution in [3.63, 3.8) is 0 Å². The molecule has 12 heteroatoms. The van der Waals surface area contributed by atoms with Gasteiger partial charge >= 0.3 is 0 Å². The van der Waals surface area contributed by atoms with Gasteiger partial charge in [0.2, 0.25) is 0 Å². The number of fused-ring (bicyclic) bond motifs is 3. The topological polar surface area (TPSA) is 207 Å². The molecule has 0 aromatic carbocycles. The molecule has 0 radical (unpaired) electrons. The summed E-state index contributed by atoms with van der Waals surface area (Å²) < 4.78 is 16.9. The van der Waals surface area contributed by atoms with E-state index >= 15 is 0 Å². The van der Waals surface area contributed by atoms with Crippen molar-refractivity contribution in [3.8, 4) is 0 Å². The lowest BCUT2D eigenvalue weighted by Gasteiger charge is -2.63. The van der Waals surface area contributed by atoms with E-state index in [-0.39, 0.29) is 41.0 Å². The Balaban J connectivity index is 1.24. The lowest BCUT2D eigenvalue weighted by molar-refractivity contribution is -0.299. The fraction of sp³-hybridized carbons (Fsp3) is 0.909. The Hall–Kier alpha value is -1.03. The average Bonchev–Trinajstić information content (AvgIpc) is 2.98. The van der Waals surface area contributed by atoms with E-state index in [1.165, 1.54) is 5.57 Å². The molecule has 0 aromatic rings. The molecular weight excluding hydrogens is 588 g/mol. The summed E-state index contributed by atoms with van der Waals surface area (Å²) in [6.45, 7) is 7.54. The smallest absolute Gasteiger partial charge is 0.187 e. The van der Waals surface area contributed by atoms with Gasteiger partial charge in [-0.15, -0.1) is 0 Å². The third-order valence-corrected chi connectivity index (χ3v) is 12.3. The van der Waals surface area contributed by atoms with Crippen LogP contribution in [-0.4, -0.2) is 128 Å². The third kappa shape index (κ3) is 6.30. The summed E-state index contributed by atoms with van der Waals surface area (Å²) in [5.74, 6) is 0.421. The van der Waals surface area contributed by atoms with Crippen LogP contribution in [0.15, 0.2) is 11.6 Å². The summed E-state index contributed by atoms with van der Waals surface area (Å²) in [5.41, 5.74) is 0.751. The molecule has 5 rings (SSSR count). The predicted octanol–water partition coefficient (Wildman–Crippen LogP) is -0.200. The Morgan fingerprint density at radius 1 is 0.822 bits per heavy atom. The quantitative estimate of drug-likeness (QED) is 0.162. The van der Waals surface area contributed by atoms with Crippen molar-refractivity contribution < 1.29 is 59.9 Å². The predicted molar refractivity (Wildman–Crippen MR) is 159 cm³/mol. The van der Waals surface area contributed by atoms with Crippen LogP contribution in [-0.2, 0) is 19.0 Å². The van der Waals surface area contributed by atoms with Crippen LogP contribution in [0.4, 0.5) is 0 Å². The Morgan fingerprint density at radius 2 is 1.44 bits per heavy atom. The number of allylic oxidation sites excluding steroid dienone is 2. The van der Waals surface area contributed by atoms with Crippen molar-refractivity contribution >= 4 is 5.78 Å². The maximum Gasteiger partial charge on any atom is 0.187 e. The van der Waals surface area contributed by atoms with E-state index in [4.69, 9.17) is 14.2 Å². The van der Waals surface area contributed by atoms with E-state index < -0.39 is 74.4 Å². The highest BCUT2D eigenvalue weighted by Crippen LogP contribution is 2.66. The average molecular weight is 643 g/mol. The van der Waals surface area contributed by atoms with Gasteiger partial charge in [0, 0.05) is 6.42 Å². The molecule has 0 spiro atoms.